The largest absolute Gasteiger partial charge is 0.490 e. The van der Waals surface area contributed by atoms with E-state index in [-0.39, 0.29) is 24.3 Å². The summed E-state index contributed by atoms with van der Waals surface area (Å²) in [5, 5.41) is 7.23. The Hall–Kier alpha value is -3.50. The van der Waals surface area contributed by atoms with E-state index in [0.717, 1.165) is 24.0 Å². The number of terminal acetylenes is 1. The molecular weight excluding hydrogens is 535 g/mol. The van der Waals surface area contributed by atoms with Crippen LogP contribution in [0.5, 0.6) is 5.75 Å². The van der Waals surface area contributed by atoms with Crippen LogP contribution in [0.15, 0.2) is 60.7 Å². The molecule has 3 heterocycles. The second kappa shape index (κ2) is 10.2. The maximum Gasteiger partial charge on any atom is 0.238 e. The second-order valence-electron chi connectivity index (χ2n) is 10.2. The third-order valence-electron chi connectivity index (χ3n) is 7.95. The second-order valence-corrected chi connectivity index (χ2v) is 11.0. The molecule has 3 aliphatic rings. The molecule has 1 spiro atoms. The Morgan fingerprint density at radius 3 is 2.56 bits per heavy atom. The molecule has 3 aliphatic heterocycles. The molecule has 39 heavy (non-hydrogen) atoms. The quantitative estimate of drug-likeness (QED) is 0.397. The molecule has 6 nitrogen and oxygen atoms in total. The van der Waals surface area contributed by atoms with Gasteiger partial charge in [-0.05, 0) is 53.6 Å². The number of carbonyl (C=O) groups is 2. The summed E-state index contributed by atoms with van der Waals surface area (Å²) in [5.41, 5.74) is 2.19. The molecule has 6 rings (SSSR count). The highest BCUT2D eigenvalue weighted by atomic mass is 35.5. The molecule has 198 valence electrons. The lowest BCUT2D eigenvalue weighted by molar-refractivity contribution is -0.131. The Morgan fingerprint density at radius 2 is 1.79 bits per heavy atom. The molecule has 3 aromatic carbocycles. The maximum atomic E-state index is 14.3. The molecule has 0 bridgehead atoms. The zero-order valence-electron chi connectivity index (χ0n) is 21.0. The van der Waals surface area contributed by atoms with Gasteiger partial charge in [0.25, 0.3) is 0 Å². The van der Waals surface area contributed by atoms with Crippen molar-refractivity contribution in [3.8, 4) is 18.1 Å². The van der Waals surface area contributed by atoms with E-state index in [0.29, 0.717) is 45.8 Å². The number of anilines is 1. The summed E-state index contributed by atoms with van der Waals surface area (Å²) < 4.78 is 12.0. The first-order valence-corrected chi connectivity index (χ1v) is 13.7. The van der Waals surface area contributed by atoms with Gasteiger partial charge >= 0.3 is 0 Å². The van der Waals surface area contributed by atoms with Gasteiger partial charge in [-0.15, -0.1) is 6.42 Å². The minimum Gasteiger partial charge on any atom is -0.490 e. The number of benzene rings is 3. The predicted molar refractivity (Wildman–Crippen MR) is 150 cm³/mol. The zero-order valence-corrected chi connectivity index (χ0v) is 22.5. The van der Waals surface area contributed by atoms with Gasteiger partial charge in [-0.1, -0.05) is 47.3 Å². The van der Waals surface area contributed by atoms with Crippen LogP contribution in [0, 0.1) is 12.3 Å². The predicted octanol–water partition coefficient (Wildman–Crippen LogP) is 5.77. The molecule has 0 aliphatic carbocycles. The normalized spacial score (nSPS) is 24.5. The summed E-state index contributed by atoms with van der Waals surface area (Å²) in [5.74, 6) is 2.32. The highest BCUT2D eigenvalue weighted by Gasteiger charge is 2.61. The average Bonchev–Trinajstić information content (AvgIpc) is 3.21. The van der Waals surface area contributed by atoms with Crippen LogP contribution in [0.25, 0.3) is 0 Å². The molecule has 2 saturated heterocycles. The van der Waals surface area contributed by atoms with E-state index in [9.17, 15) is 9.59 Å². The smallest absolute Gasteiger partial charge is 0.238 e. The van der Waals surface area contributed by atoms with E-state index in [1.807, 2.05) is 42.5 Å². The van der Waals surface area contributed by atoms with Gasteiger partial charge in [0, 0.05) is 52.0 Å². The number of hydrogen-bond acceptors (Lipinski definition) is 4. The lowest BCUT2D eigenvalue weighted by Gasteiger charge is -2.46. The third kappa shape index (κ3) is 4.45. The number of amides is 2. The lowest BCUT2D eigenvalue weighted by Crippen LogP contribution is -2.57. The summed E-state index contributed by atoms with van der Waals surface area (Å²) in [4.78, 5) is 27.7. The van der Waals surface area contributed by atoms with Crippen LogP contribution in [-0.4, -0.2) is 31.1 Å². The van der Waals surface area contributed by atoms with E-state index in [1.54, 1.807) is 18.2 Å². The Kier molecular flexibility index (Phi) is 6.76. The van der Waals surface area contributed by atoms with E-state index < -0.39 is 17.4 Å². The Labute approximate surface area is 237 Å². The topological polar surface area (TPSA) is 76.7 Å². The fraction of sp³-hybridized carbons (Fsp3) is 0.290. The van der Waals surface area contributed by atoms with Crippen molar-refractivity contribution in [3.63, 3.8) is 0 Å². The van der Waals surface area contributed by atoms with Crippen LogP contribution in [0.2, 0.25) is 10.0 Å². The fourth-order valence-corrected chi connectivity index (χ4v) is 6.59. The molecular formula is C31H26Cl2N2O4. The van der Waals surface area contributed by atoms with Gasteiger partial charge in [0.2, 0.25) is 11.8 Å². The third-order valence-corrected chi connectivity index (χ3v) is 8.42. The van der Waals surface area contributed by atoms with Gasteiger partial charge in [0.15, 0.2) is 0 Å². The molecule has 2 N–H and O–H groups in total. The monoisotopic (exact) mass is 560 g/mol. The van der Waals surface area contributed by atoms with E-state index in [2.05, 4.69) is 16.6 Å². The molecule has 3 atom stereocenters. The molecule has 0 unspecified atom stereocenters. The van der Waals surface area contributed by atoms with Gasteiger partial charge in [0.1, 0.15) is 17.3 Å². The van der Waals surface area contributed by atoms with Gasteiger partial charge in [-0.25, -0.2) is 0 Å². The fourth-order valence-electron chi connectivity index (χ4n) is 6.21. The van der Waals surface area contributed by atoms with Crippen molar-refractivity contribution in [2.45, 2.75) is 42.7 Å². The zero-order chi connectivity index (χ0) is 27.1. The maximum absolute atomic E-state index is 14.3. The van der Waals surface area contributed by atoms with Crippen molar-refractivity contribution < 1.29 is 19.1 Å². The number of ether oxygens (including phenoxy) is 2. The van der Waals surface area contributed by atoms with Crippen molar-refractivity contribution in [2.24, 2.45) is 0 Å². The summed E-state index contributed by atoms with van der Waals surface area (Å²) >= 11 is 12.7. The molecule has 2 fully saturated rings. The van der Waals surface area contributed by atoms with Crippen molar-refractivity contribution >= 4 is 40.7 Å². The van der Waals surface area contributed by atoms with Gasteiger partial charge in [-0.3, -0.25) is 9.59 Å². The summed E-state index contributed by atoms with van der Waals surface area (Å²) in [6, 6.07) is 17.4. The standard InChI is InChI=1S/C31H26Cl2N2O4/c1-2-18-6-9-27(39-22-10-12-38-13-11-22)23(14-18)29-31(24-8-7-21(33)16-26(24)34-30(31)37)25(17-28(36)35-29)19-4-3-5-20(32)15-19/h1,3-9,14-16,22,25,29H,10-13,17H2,(H,34,37)(H,35,36)/t25-,29+,31-/m0/s1. The number of hydrogen-bond donors (Lipinski definition) is 2. The highest BCUT2D eigenvalue weighted by Crippen LogP contribution is 2.58. The van der Waals surface area contributed by atoms with Crippen molar-refractivity contribution in [1.29, 1.82) is 0 Å². The van der Waals surface area contributed by atoms with Crippen LogP contribution in [0.4, 0.5) is 5.69 Å². The molecule has 0 saturated carbocycles. The molecule has 0 aromatic heterocycles. The number of rotatable bonds is 4. The average molecular weight is 561 g/mol. The molecule has 3 aromatic rings. The number of halogens is 2. The number of fused-ring (bicyclic) bond motifs is 2. The van der Waals surface area contributed by atoms with Crippen LogP contribution in [0.3, 0.4) is 0 Å². The van der Waals surface area contributed by atoms with Crippen LogP contribution in [0.1, 0.15) is 53.5 Å². The summed E-state index contributed by atoms with van der Waals surface area (Å²) in [7, 11) is 0. The van der Waals surface area contributed by atoms with Crippen molar-refractivity contribution in [3.05, 3.63) is 93.0 Å². The van der Waals surface area contributed by atoms with Crippen molar-refractivity contribution in [1.82, 2.24) is 5.32 Å². The first-order chi connectivity index (χ1) is 18.9. The Bertz CT molecular complexity index is 1510. The van der Waals surface area contributed by atoms with Crippen LogP contribution >= 0.6 is 23.2 Å². The molecule has 2 amide bonds. The summed E-state index contributed by atoms with van der Waals surface area (Å²) in [6.07, 6.45) is 7.33. The Balaban J connectivity index is 1.59. The first kappa shape index (κ1) is 25.8. The van der Waals surface area contributed by atoms with Crippen LogP contribution < -0.4 is 15.4 Å². The lowest BCUT2D eigenvalue weighted by atomic mass is 9.59. The van der Waals surface area contributed by atoms with E-state index >= 15 is 0 Å². The van der Waals surface area contributed by atoms with Gasteiger partial charge in [-0.2, -0.15) is 0 Å². The Morgan fingerprint density at radius 1 is 1.00 bits per heavy atom. The first-order valence-electron chi connectivity index (χ1n) is 12.9. The van der Waals surface area contributed by atoms with Gasteiger partial charge < -0.3 is 20.1 Å². The number of piperidine rings is 1. The SMILES string of the molecule is C#Cc1ccc(OC2CCOCC2)c([C@H]2NC(=O)C[C@@H](c3cccc(Cl)c3)[C@]23C(=O)Nc2cc(Cl)ccc23)c1. The minimum atomic E-state index is -1.22. The minimum absolute atomic E-state index is 0.0587. The molecule has 8 heteroatoms. The molecule has 0 radical (unpaired) electrons. The summed E-state index contributed by atoms with van der Waals surface area (Å²) in [6.45, 7) is 1.22. The van der Waals surface area contributed by atoms with Gasteiger partial charge in [0.05, 0.1) is 19.3 Å². The highest BCUT2D eigenvalue weighted by molar-refractivity contribution is 6.31. The van der Waals surface area contributed by atoms with Crippen molar-refractivity contribution in [2.75, 3.05) is 18.5 Å². The van der Waals surface area contributed by atoms with E-state index in [1.165, 1.54) is 0 Å². The number of nitrogens with one attached hydrogen (secondary N) is 2. The number of carbonyl (C=O) groups excluding carboxylic acids is 2. The van der Waals surface area contributed by atoms with Crippen LogP contribution in [-0.2, 0) is 19.7 Å². The van der Waals surface area contributed by atoms with E-state index in [4.69, 9.17) is 39.1 Å².